The van der Waals surface area contributed by atoms with Gasteiger partial charge in [0.1, 0.15) is 5.75 Å². The minimum atomic E-state index is -0.799. The molecule has 0 unspecified atom stereocenters. The molecule has 2 atom stereocenters. The average Bonchev–Trinajstić information content (AvgIpc) is 3.23. The van der Waals surface area contributed by atoms with E-state index in [-0.39, 0.29) is 37.5 Å². The molecule has 8 nitrogen and oxygen atoms in total. The summed E-state index contributed by atoms with van der Waals surface area (Å²) >= 11 is 0. The minimum absolute atomic E-state index is 0.0375. The van der Waals surface area contributed by atoms with Crippen molar-refractivity contribution in [1.29, 1.82) is 0 Å². The first-order valence-corrected chi connectivity index (χ1v) is 9.15. The second-order valence-corrected chi connectivity index (χ2v) is 7.15. The number of hydrogen-bond donors (Lipinski definition) is 3. The van der Waals surface area contributed by atoms with Crippen LogP contribution >= 0.6 is 0 Å². The molecule has 1 aliphatic carbocycles. The second kappa shape index (κ2) is 7.85. The summed E-state index contributed by atoms with van der Waals surface area (Å²) in [6.07, 6.45) is 2.40. The summed E-state index contributed by atoms with van der Waals surface area (Å²) in [6, 6.07) is 6.48. The predicted molar refractivity (Wildman–Crippen MR) is 97.7 cm³/mol. The lowest BCUT2D eigenvalue weighted by Gasteiger charge is -2.23. The van der Waals surface area contributed by atoms with Crippen molar-refractivity contribution in [2.24, 2.45) is 11.3 Å². The van der Waals surface area contributed by atoms with E-state index in [2.05, 4.69) is 10.6 Å². The average molecular weight is 375 g/mol. The van der Waals surface area contributed by atoms with Gasteiger partial charge in [-0.05, 0) is 43.0 Å². The molecule has 1 aromatic rings. The lowest BCUT2D eigenvalue weighted by atomic mass is 9.81. The number of aliphatic carboxylic acids is 1. The molecular formula is C19H25N3O5. The summed E-state index contributed by atoms with van der Waals surface area (Å²) in [7, 11) is 1.56. The number of fused-ring (bicyclic) bond motifs is 1. The first kappa shape index (κ1) is 19.0. The van der Waals surface area contributed by atoms with Crippen LogP contribution in [0.3, 0.4) is 0 Å². The number of urea groups is 1. The lowest BCUT2D eigenvalue weighted by molar-refractivity contribution is -0.149. The van der Waals surface area contributed by atoms with Crippen LogP contribution in [-0.2, 0) is 4.79 Å². The van der Waals surface area contributed by atoms with Gasteiger partial charge in [-0.15, -0.1) is 0 Å². The molecule has 3 rings (SSSR count). The van der Waals surface area contributed by atoms with Crippen LogP contribution in [-0.4, -0.2) is 61.2 Å². The number of hydrogen-bond acceptors (Lipinski definition) is 4. The minimum Gasteiger partial charge on any atom is -0.497 e. The highest BCUT2D eigenvalue weighted by atomic mass is 16.5. The van der Waals surface area contributed by atoms with Gasteiger partial charge in [0, 0.05) is 31.7 Å². The molecule has 146 valence electrons. The van der Waals surface area contributed by atoms with Crippen molar-refractivity contribution in [3.8, 4) is 5.75 Å². The number of carboxylic acids is 1. The molecule has 27 heavy (non-hydrogen) atoms. The van der Waals surface area contributed by atoms with Crippen LogP contribution in [0.25, 0.3) is 0 Å². The smallest absolute Gasteiger partial charge is 0.317 e. The van der Waals surface area contributed by atoms with Crippen molar-refractivity contribution in [2.45, 2.75) is 19.3 Å². The number of carboxylic acid groups (broad SMARTS) is 1. The maximum absolute atomic E-state index is 12.3. The molecule has 3 amide bonds. The first-order valence-electron chi connectivity index (χ1n) is 9.15. The molecule has 1 heterocycles. The molecule has 0 aromatic heterocycles. The number of amides is 3. The maximum atomic E-state index is 12.3. The van der Waals surface area contributed by atoms with Crippen molar-refractivity contribution < 1.29 is 24.2 Å². The zero-order valence-electron chi connectivity index (χ0n) is 15.4. The molecule has 3 N–H and O–H groups in total. The van der Waals surface area contributed by atoms with Crippen molar-refractivity contribution in [3.63, 3.8) is 0 Å². The van der Waals surface area contributed by atoms with Gasteiger partial charge in [-0.25, -0.2) is 4.79 Å². The van der Waals surface area contributed by atoms with Crippen LogP contribution < -0.4 is 15.4 Å². The van der Waals surface area contributed by atoms with Gasteiger partial charge in [-0.2, -0.15) is 0 Å². The summed E-state index contributed by atoms with van der Waals surface area (Å²) in [4.78, 5) is 37.6. The SMILES string of the molecule is COc1ccc(C(=O)NCCNC(=O)N2C[C@@H]3CCC[C@@]3(C(=O)O)C2)cc1. The normalized spacial score (nSPS) is 23.6. The number of methoxy groups -OCH3 is 1. The van der Waals surface area contributed by atoms with Gasteiger partial charge in [-0.1, -0.05) is 6.42 Å². The van der Waals surface area contributed by atoms with E-state index in [4.69, 9.17) is 4.74 Å². The highest BCUT2D eigenvalue weighted by Gasteiger charge is 2.55. The molecule has 0 spiro atoms. The molecule has 0 radical (unpaired) electrons. The predicted octanol–water partition coefficient (Wildman–Crippen LogP) is 1.32. The van der Waals surface area contributed by atoms with Crippen LogP contribution in [0.1, 0.15) is 29.6 Å². The number of nitrogens with one attached hydrogen (secondary N) is 2. The van der Waals surface area contributed by atoms with Gasteiger partial charge in [0.05, 0.1) is 12.5 Å². The number of likely N-dealkylation sites (tertiary alicyclic amines) is 1. The molecule has 1 aliphatic heterocycles. The largest absolute Gasteiger partial charge is 0.497 e. The number of ether oxygens (including phenoxy) is 1. The Bertz CT molecular complexity index is 721. The molecular weight excluding hydrogens is 350 g/mol. The second-order valence-electron chi connectivity index (χ2n) is 7.15. The maximum Gasteiger partial charge on any atom is 0.317 e. The Kier molecular flexibility index (Phi) is 5.53. The van der Waals surface area contributed by atoms with Crippen molar-refractivity contribution in [2.75, 3.05) is 33.3 Å². The van der Waals surface area contributed by atoms with Crippen LogP contribution in [0.2, 0.25) is 0 Å². The van der Waals surface area contributed by atoms with Gasteiger partial charge >= 0.3 is 12.0 Å². The molecule has 2 fully saturated rings. The summed E-state index contributed by atoms with van der Waals surface area (Å²) in [5.74, 6) is -0.316. The van der Waals surface area contributed by atoms with E-state index >= 15 is 0 Å². The van der Waals surface area contributed by atoms with Crippen molar-refractivity contribution in [1.82, 2.24) is 15.5 Å². The summed E-state index contributed by atoms with van der Waals surface area (Å²) in [5.41, 5.74) is -0.266. The van der Waals surface area contributed by atoms with E-state index in [0.29, 0.717) is 24.3 Å². The Balaban J connectivity index is 1.42. The molecule has 1 aromatic carbocycles. The first-order chi connectivity index (χ1) is 13.0. The van der Waals surface area contributed by atoms with E-state index in [9.17, 15) is 19.5 Å². The fourth-order valence-electron chi connectivity index (χ4n) is 4.10. The van der Waals surface area contributed by atoms with E-state index in [1.165, 1.54) is 0 Å². The van der Waals surface area contributed by atoms with Gasteiger partial charge in [0.15, 0.2) is 0 Å². The Morgan fingerprint density at radius 2 is 1.93 bits per heavy atom. The highest BCUT2D eigenvalue weighted by molar-refractivity contribution is 5.94. The summed E-state index contributed by atoms with van der Waals surface area (Å²) in [6.45, 7) is 1.31. The zero-order chi connectivity index (χ0) is 19.4. The molecule has 1 saturated carbocycles. The van der Waals surface area contributed by atoms with Crippen molar-refractivity contribution >= 4 is 17.9 Å². The third-order valence-electron chi connectivity index (χ3n) is 5.62. The number of carbonyl (C=O) groups is 3. The molecule has 0 bridgehead atoms. The standard InChI is InChI=1S/C19H25N3O5/c1-27-15-6-4-13(5-7-15)16(23)20-9-10-21-18(26)22-11-14-3-2-8-19(14,12-22)17(24)25/h4-7,14H,2-3,8-12H2,1H3,(H,20,23)(H,21,26)(H,24,25)/t14-,19+/m0/s1. The molecule has 8 heteroatoms. The topological polar surface area (TPSA) is 108 Å². The number of benzene rings is 1. The Morgan fingerprint density at radius 1 is 1.22 bits per heavy atom. The number of nitrogens with zero attached hydrogens (tertiary/aromatic N) is 1. The van der Waals surface area contributed by atoms with E-state index in [0.717, 1.165) is 12.8 Å². The Morgan fingerprint density at radius 3 is 2.56 bits per heavy atom. The van der Waals surface area contributed by atoms with Crippen LogP contribution in [0.4, 0.5) is 4.79 Å². The van der Waals surface area contributed by atoms with Gasteiger partial charge < -0.3 is 25.4 Å². The summed E-state index contributed by atoms with van der Waals surface area (Å²) in [5, 5.41) is 15.1. The Labute approximate surface area is 157 Å². The number of rotatable bonds is 6. The third-order valence-corrected chi connectivity index (χ3v) is 5.62. The van der Waals surface area contributed by atoms with Crippen LogP contribution in [0, 0.1) is 11.3 Å². The fraction of sp³-hybridized carbons (Fsp3) is 0.526. The molecule has 1 saturated heterocycles. The van der Waals surface area contributed by atoms with Gasteiger partial charge in [0.25, 0.3) is 5.91 Å². The van der Waals surface area contributed by atoms with Crippen molar-refractivity contribution in [3.05, 3.63) is 29.8 Å². The van der Waals surface area contributed by atoms with Gasteiger partial charge in [0.2, 0.25) is 0 Å². The summed E-state index contributed by atoms with van der Waals surface area (Å²) < 4.78 is 5.05. The quantitative estimate of drug-likeness (QED) is 0.650. The zero-order valence-corrected chi connectivity index (χ0v) is 15.4. The van der Waals surface area contributed by atoms with E-state index < -0.39 is 11.4 Å². The monoisotopic (exact) mass is 375 g/mol. The third kappa shape index (κ3) is 3.84. The van der Waals surface area contributed by atoms with E-state index in [1.54, 1.807) is 36.3 Å². The fourth-order valence-corrected chi connectivity index (χ4v) is 4.10. The van der Waals surface area contributed by atoms with E-state index in [1.807, 2.05) is 0 Å². The molecule has 2 aliphatic rings. The van der Waals surface area contributed by atoms with Gasteiger partial charge in [-0.3, -0.25) is 9.59 Å². The number of carbonyl (C=O) groups excluding carboxylic acids is 2. The van der Waals surface area contributed by atoms with Crippen LogP contribution in [0.5, 0.6) is 5.75 Å². The van der Waals surface area contributed by atoms with Crippen LogP contribution in [0.15, 0.2) is 24.3 Å². The lowest BCUT2D eigenvalue weighted by Crippen LogP contribution is -2.44. The Hall–Kier alpha value is -2.77. The highest BCUT2D eigenvalue weighted by Crippen LogP contribution is 2.48.